The third kappa shape index (κ3) is 3.70. The summed E-state index contributed by atoms with van der Waals surface area (Å²) >= 11 is 0. The normalized spacial score (nSPS) is 10.8. The summed E-state index contributed by atoms with van der Waals surface area (Å²) in [7, 11) is 0. The molecule has 26 heavy (non-hydrogen) atoms. The van der Waals surface area contributed by atoms with E-state index < -0.39 is 0 Å². The van der Waals surface area contributed by atoms with Crippen molar-refractivity contribution in [3.05, 3.63) is 0 Å². The van der Waals surface area contributed by atoms with Crippen molar-refractivity contribution in [2.45, 2.75) is 6.54 Å². The van der Waals surface area contributed by atoms with E-state index >= 15 is 0 Å². The first-order valence-corrected chi connectivity index (χ1v) is 7.34. The predicted octanol–water partition coefficient (Wildman–Crippen LogP) is -3.26. The molecule has 16 heteroatoms. The van der Waals surface area contributed by atoms with Crippen molar-refractivity contribution in [3.8, 4) is 5.95 Å². The molecule has 3 rings (SSSR count). The molecule has 8 N–H and O–H groups in total. The molecule has 0 aliphatic rings. The number of aliphatic hydroxyl groups excluding tert-OH is 2. The Bertz CT molecular complexity index is 857. The molecule has 0 aliphatic heterocycles. The highest BCUT2D eigenvalue weighted by Crippen LogP contribution is 2.12. The quantitative estimate of drug-likeness (QED) is 0.230. The summed E-state index contributed by atoms with van der Waals surface area (Å²) in [6, 6.07) is 0. The molecule has 0 fully saturated rings. The van der Waals surface area contributed by atoms with Crippen LogP contribution < -0.4 is 22.1 Å². The highest BCUT2D eigenvalue weighted by atomic mass is 16.3. The van der Waals surface area contributed by atoms with E-state index in [4.69, 9.17) is 21.7 Å². The van der Waals surface area contributed by atoms with E-state index in [9.17, 15) is 0 Å². The van der Waals surface area contributed by atoms with Crippen molar-refractivity contribution in [2.75, 3.05) is 41.9 Å². The Morgan fingerprint density at radius 2 is 1.58 bits per heavy atom. The Hall–Kier alpha value is -3.66. The van der Waals surface area contributed by atoms with Crippen molar-refractivity contribution in [1.29, 1.82) is 0 Å². The molecule has 3 heterocycles. The molecule has 16 nitrogen and oxygen atoms in total. The van der Waals surface area contributed by atoms with Gasteiger partial charge in [0.1, 0.15) is 0 Å². The van der Waals surface area contributed by atoms with Crippen molar-refractivity contribution in [3.63, 3.8) is 0 Å². The molecule has 0 aromatic carbocycles. The van der Waals surface area contributed by atoms with Crippen LogP contribution in [0.15, 0.2) is 0 Å². The molecule has 3 aromatic rings. The van der Waals surface area contributed by atoms with E-state index in [2.05, 4.69) is 51.2 Å². The van der Waals surface area contributed by atoms with Crippen LogP contribution >= 0.6 is 0 Å². The van der Waals surface area contributed by atoms with Crippen LogP contribution in [0.2, 0.25) is 0 Å². The summed E-state index contributed by atoms with van der Waals surface area (Å²) in [6.07, 6.45) is 0. The second kappa shape index (κ2) is 7.49. The van der Waals surface area contributed by atoms with Crippen LogP contribution in [-0.2, 0) is 6.54 Å². The number of aromatic nitrogens is 10. The van der Waals surface area contributed by atoms with Gasteiger partial charge in [-0.3, -0.25) is 5.32 Å². The molecule has 0 saturated heterocycles. The van der Waals surface area contributed by atoms with Crippen LogP contribution in [0, 0.1) is 0 Å². The van der Waals surface area contributed by atoms with E-state index in [1.165, 1.54) is 9.36 Å². The van der Waals surface area contributed by atoms with Crippen molar-refractivity contribution in [2.24, 2.45) is 0 Å². The van der Waals surface area contributed by atoms with E-state index in [0.29, 0.717) is 0 Å². The Kier molecular flexibility index (Phi) is 4.94. The Labute approximate surface area is 145 Å². The molecular weight excluding hydrogens is 348 g/mol. The molecule has 0 aliphatic carbocycles. The first-order valence-electron chi connectivity index (χ1n) is 7.34. The topological polar surface area (TPSA) is 230 Å². The maximum Gasteiger partial charge on any atom is 0.292 e. The van der Waals surface area contributed by atoms with Gasteiger partial charge in [0, 0.05) is 6.54 Å². The summed E-state index contributed by atoms with van der Waals surface area (Å²) in [5, 5.41) is 46.8. The number of rotatable bonds is 8. The van der Waals surface area contributed by atoms with Crippen molar-refractivity contribution < 1.29 is 10.2 Å². The third-order valence-corrected chi connectivity index (χ3v) is 2.90. The largest absolute Gasteiger partial charge is 0.395 e. The Morgan fingerprint density at radius 3 is 2.27 bits per heavy atom. The molecule has 0 spiro atoms. The number of hydrogen-bond donors (Lipinski definition) is 6. The van der Waals surface area contributed by atoms with Crippen LogP contribution in [0.3, 0.4) is 0 Å². The van der Waals surface area contributed by atoms with Gasteiger partial charge in [-0.25, -0.2) is 4.68 Å². The minimum Gasteiger partial charge on any atom is -0.395 e. The van der Waals surface area contributed by atoms with Crippen LogP contribution in [0.1, 0.15) is 0 Å². The molecule has 0 atom stereocenters. The monoisotopic (exact) mass is 364 g/mol. The lowest BCUT2D eigenvalue weighted by atomic mass is 10.7. The number of nitrogen functional groups attached to an aromatic ring is 2. The highest BCUT2D eigenvalue weighted by molar-refractivity contribution is 5.44. The zero-order valence-electron chi connectivity index (χ0n) is 13.3. The molecule has 0 amide bonds. The number of hydrogen-bond acceptors (Lipinski definition) is 14. The van der Waals surface area contributed by atoms with Crippen molar-refractivity contribution in [1.82, 2.24) is 49.9 Å². The van der Waals surface area contributed by atoms with E-state index in [-0.39, 0.29) is 62.0 Å². The molecular formula is C10H16N14O2. The molecule has 0 saturated carbocycles. The predicted molar refractivity (Wildman–Crippen MR) is 87.3 cm³/mol. The Morgan fingerprint density at radius 1 is 0.885 bits per heavy atom. The number of nitrogens with one attached hydrogen (secondary N) is 2. The fraction of sp³-hybridized carbons (Fsp3) is 0.400. The standard InChI is InChI=1S/C10H16N14O2/c11-5-15-9(23(21-5)2-4-26)16-7-17-19-10(20-18-7)24-8(13-1-3-25)14-6(12)22-24/h25-26H,1-4H2,(H3,12,13,14,22)(H3,11,15,16,17,18,21). The summed E-state index contributed by atoms with van der Waals surface area (Å²) in [5.41, 5.74) is 11.1. The van der Waals surface area contributed by atoms with Gasteiger partial charge >= 0.3 is 0 Å². The van der Waals surface area contributed by atoms with Gasteiger partial charge in [-0.2, -0.15) is 14.6 Å². The van der Waals surface area contributed by atoms with E-state index in [1.54, 1.807) is 0 Å². The van der Waals surface area contributed by atoms with Gasteiger partial charge in [0.05, 0.1) is 19.8 Å². The number of nitrogens with zero attached hydrogens (tertiary/aromatic N) is 10. The Balaban J connectivity index is 1.79. The lowest BCUT2D eigenvalue weighted by Crippen LogP contribution is -2.15. The summed E-state index contributed by atoms with van der Waals surface area (Å²) in [6.45, 7) is 0.167. The van der Waals surface area contributed by atoms with Gasteiger partial charge in [0.2, 0.25) is 23.8 Å². The highest BCUT2D eigenvalue weighted by Gasteiger charge is 2.14. The van der Waals surface area contributed by atoms with E-state index in [1.807, 2.05) is 0 Å². The van der Waals surface area contributed by atoms with E-state index in [0.717, 1.165) is 0 Å². The smallest absolute Gasteiger partial charge is 0.292 e. The van der Waals surface area contributed by atoms with Crippen LogP contribution in [0.25, 0.3) is 5.95 Å². The lowest BCUT2D eigenvalue weighted by molar-refractivity contribution is 0.270. The fourth-order valence-electron chi connectivity index (χ4n) is 1.91. The minimum absolute atomic E-state index is 0.0104. The molecule has 0 bridgehead atoms. The fourth-order valence-corrected chi connectivity index (χ4v) is 1.91. The summed E-state index contributed by atoms with van der Waals surface area (Å²) in [4.78, 5) is 7.90. The summed E-state index contributed by atoms with van der Waals surface area (Å²) < 4.78 is 2.54. The zero-order chi connectivity index (χ0) is 18.5. The number of aliphatic hydroxyl groups is 2. The third-order valence-electron chi connectivity index (χ3n) is 2.90. The molecule has 0 unspecified atom stereocenters. The zero-order valence-corrected chi connectivity index (χ0v) is 13.3. The molecule has 3 aromatic heterocycles. The minimum atomic E-state index is -0.148. The first kappa shape index (κ1) is 17.2. The van der Waals surface area contributed by atoms with Gasteiger partial charge in [0.25, 0.3) is 11.9 Å². The average Bonchev–Trinajstić information content (AvgIpc) is 3.16. The number of anilines is 5. The SMILES string of the molecule is Nc1nc(Nc2nnc(-n3nc(N)nc3NCCO)nn2)n(CCO)n1. The van der Waals surface area contributed by atoms with Gasteiger partial charge in [-0.1, -0.05) is 0 Å². The summed E-state index contributed by atoms with van der Waals surface area (Å²) in [5.74, 6) is 0.509. The maximum absolute atomic E-state index is 9.01. The van der Waals surface area contributed by atoms with Gasteiger partial charge in [0.15, 0.2) is 0 Å². The van der Waals surface area contributed by atoms with Crippen LogP contribution in [0.4, 0.5) is 29.7 Å². The van der Waals surface area contributed by atoms with Crippen molar-refractivity contribution >= 4 is 29.7 Å². The second-order valence-corrected chi connectivity index (χ2v) is 4.74. The molecule has 138 valence electrons. The molecule has 0 radical (unpaired) electrons. The van der Waals surface area contributed by atoms with Crippen LogP contribution in [-0.4, -0.2) is 79.9 Å². The lowest BCUT2D eigenvalue weighted by Gasteiger charge is -2.06. The van der Waals surface area contributed by atoms with Gasteiger partial charge < -0.3 is 27.0 Å². The van der Waals surface area contributed by atoms with Gasteiger partial charge in [-0.15, -0.1) is 30.6 Å². The van der Waals surface area contributed by atoms with Crippen LogP contribution in [0.5, 0.6) is 0 Å². The maximum atomic E-state index is 9.01. The first-order chi connectivity index (χ1) is 12.6. The average molecular weight is 364 g/mol. The second-order valence-electron chi connectivity index (χ2n) is 4.74. The number of nitrogens with two attached hydrogens (primary N) is 2. The van der Waals surface area contributed by atoms with Gasteiger partial charge in [-0.05, 0) is 0 Å².